The number of carbonyl (C=O) groups is 1. The molecule has 3 aromatic carbocycles. The molecule has 0 aromatic heterocycles. The molecule has 29 heavy (non-hydrogen) atoms. The van der Waals surface area contributed by atoms with E-state index in [1.165, 1.54) is 0 Å². The van der Waals surface area contributed by atoms with Gasteiger partial charge in [-0.15, -0.1) is 0 Å². The van der Waals surface area contributed by atoms with Gasteiger partial charge in [0, 0.05) is 31.6 Å². The topological polar surface area (TPSA) is 50.8 Å². The van der Waals surface area contributed by atoms with Gasteiger partial charge in [0.25, 0.3) is 5.91 Å². The lowest BCUT2D eigenvalue weighted by Crippen LogP contribution is -2.22. The Morgan fingerprint density at radius 1 is 1.10 bits per heavy atom. The van der Waals surface area contributed by atoms with Crippen molar-refractivity contribution in [3.63, 3.8) is 0 Å². The molecule has 0 bridgehead atoms. The molecule has 1 fully saturated rings. The molecule has 1 aliphatic heterocycles. The standard InChI is InChI=1S/C24H26N2O3/c1-3-29-22-13-8-17-6-4-5-7-21(17)23(22)24(27)25-18-9-11-19(12-10-18)26-15-14-20(16-26)28-2/h4-13,20H,3,14-16H2,1-2H3,(H,25,27). The lowest BCUT2D eigenvalue weighted by atomic mass is 10.0. The monoisotopic (exact) mass is 390 g/mol. The first-order valence-electron chi connectivity index (χ1n) is 10.0. The predicted octanol–water partition coefficient (Wildman–Crippen LogP) is 4.72. The van der Waals surface area contributed by atoms with Gasteiger partial charge in [0.15, 0.2) is 0 Å². The van der Waals surface area contributed by atoms with Crippen molar-refractivity contribution in [3.05, 3.63) is 66.2 Å². The normalized spacial score (nSPS) is 16.2. The highest BCUT2D eigenvalue weighted by atomic mass is 16.5. The second-order valence-corrected chi connectivity index (χ2v) is 7.19. The fourth-order valence-corrected chi connectivity index (χ4v) is 3.87. The first-order valence-corrected chi connectivity index (χ1v) is 10.0. The number of methoxy groups -OCH3 is 1. The minimum atomic E-state index is -0.168. The zero-order chi connectivity index (χ0) is 20.2. The molecule has 3 aromatic rings. The van der Waals surface area contributed by atoms with Crippen LogP contribution in [0, 0.1) is 0 Å². The van der Waals surface area contributed by atoms with Gasteiger partial charge in [-0.3, -0.25) is 4.79 Å². The Bertz CT molecular complexity index is 1000. The van der Waals surface area contributed by atoms with Crippen molar-refractivity contribution in [1.82, 2.24) is 0 Å². The number of hydrogen-bond donors (Lipinski definition) is 1. The Labute approximate surface area is 171 Å². The molecule has 150 valence electrons. The summed E-state index contributed by atoms with van der Waals surface area (Å²) < 4.78 is 11.2. The highest BCUT2D eigenvalue weighted by Crippen LogP contribution is 2.30. The van der Waals surface area contributed by atoms with Gasteiger partial charge in [0.2, 0.25) is 0 Å². The molecule has 5 heteroatoms. The third kappa shape index (κ3) is 4.05. The number of nitrogens with zero attached hydrogens (tertiary/aromatic N) is 1. The van der Waals surface area contributed by atoms with Crippen molar-refractivity contribution in [2.75, 3.05) is 37.0 Å². The molecule has 1 aliphatic rings. The quantitative estimate of drug-likeness (QED) is 0.662. The van der Waals surface area contributed by atoms with E-state index >= 15 is 0 Å². The molecule has 0 saturated carbocycles. The number of benzene rings is 3. The predicted molar refractivity (Wildman–Crippen MR) is 117 cm³/mol. The zero-order valence-electron chi connectivity index (χ0n) is 16.9. The Kier molecular flexibility index (Phi) is 5.67. The van der Waals surface area contributed by atoms with Crippen LogP contribution in [0.25, 0.3) is 10.8 Å². The Morgan fingerprint density at radius 2 is 1.90 bits per heavy atom. The van der Waals surface area contributed by atoms with Crippen molar-refractivity contribution < 1.29 is 14.3 Å². The lowest BCUT2D eigenvalue weighted by Gasteiger charge is -2.19. The van der Waals surface area contributed by atoms with E-state index in [9.17, 15) is 4.79 Å². The fraction of sp³-hybridized carbons (Fsp3) is 0.292. The Balaban J connectivity index is 1.56. The number of amides is 1. The molecule has 4 rings (SSSR count). The molecule has 1 unspecified atom stereocenters. The maximum absolute atomic E-state index is 13.1. The van der Waals surface area contributed by atoms with E-state index in [2.05, 4.69) is 10.2 Å². The van der Waals surface area contributed by atoms with Crippen LogP contribution in [-0.2, 0) is 4.74 Å². The number of ether oxygens (including phenoxy) is 2. The summed E-state index contributed by atoms with van der Waals surface area (Å²) in [5, 5.41) is 4.92. The van der Waals surface area contributed by atoms with Crippen LogP contribution in [0.3, 0.4) is 0 Å². The van der Waals surface area contributed by atoms with E-state index in [4.69, 9.17) is 9.47 Å². The van der Waals surface area contributed by atoms with Crippen LogP contribution >= 0.6 is 0 Å². The SMILES string of the molecule is CCOc1ccc2ccccc2c1C(=O)Nc1ccc(N2CCC(OC)C2)cc1. The van der Waals surface area contributed by atoms with E-state index in [1.807, 2.05) is 67.6 Å². The van der Waals surface area contributed by atoms with Gasteiger partial charge in [-0.05, 0) is 54.4 Å². The highest BCUT2D eigenvalue weighted by molar-refractivity contribution is 6.15. The molecule has 1 atom stereocenters. The molecule has 0 radical (unpaired) electrons. The van der Waals surface area contributed by atoms with Crippen LogP contribution in [0.2, 0.25) is 0 Å². The van der Waals surface area contributed by atoms with Crippen molar-refractivity contribution in [1.29, 1.82) is 0 Å². The second-order valence-electron chi connectivity index (χ2n) is 7.19. The minimum absolute atomic E-state index is 0.168. The zero-order valence-corrected chi connectivity index (χ0v) is 16.9. The summed E-state index contributed by atoms with van der Waals surface area (Å²) in [6, 6.07) is 19.7. The molecule has 1 amide bonds. The molecular formula is C24H26N2O3. The highest BCUT2D eigenvalue weighted by Gasteiger charge is 2.22. The Morgan fingerprint density at radius 3 is 2.62 bits per heavy atom. The van der Waals surface area contributed by atoms with Gasteiger partial charge in [-0.25, -0.2) is 0 Å². The lowest BCUT2D eigenvalue weighted by molar-refractivity contribution is 0.102. The van der Waals surface area contributed by atoms with Gasteiger partial charge in [0.05, 0.1) is 18.3 Å². The van der Waals surface area contributed by atoms with Gasteiger partial charge in [0.1, 0.15) is 5.75 Å². The van der Waals surface area contributed by atoms with Crippen LogP contribution in [0.1, 0.15) is 23.7 Å². The summed E-state index contributed by atoms with van der Waals surface area (Å²) >= 11 is 0. The van der Waals surface area contributed by atoms with Gasteiger partial charge >= 0.3 is 0 Å². The minimum Gasteiger partial charge on any atom is -0.493 e. The van der Waals surface area contributed by atoms with Crippen molar-refractivity contribution in [3.8, 4) is 5.75 Å². The van der Waals surface area contributed by atoms with Crippen LogP contribution < -0.4 is 15.0 Å². The second kappa shape index (κ2) is 8.53. The van der Waals surface area contributed by atoms with Crippen LogP contribution in [0.4, 0.5) is 11.4 Å². The van der Waals surface area contributed by atoms with Crippen LogP contribution in [-0.4, -0.2) is 38.8 Å². The summed E-state index contributed by atoms with van der Waals surface area (Å²) in [5.41, 5.74) is 2.47. The van der Waals surface area contributed by atoms with E-state index in [0.717, 1.165) is 41.7 Å². The molecular weight excluding hydrogens is 364 g/mol. The molecule has 0 aliphatic carbocycles. The summed E-state index contributed by atoms with van der Waals surface area (Å²) in [6.07, 6.45) is 1.33. The Hall–Kier alpha value is -3.05. The van der Waals surface area contributed by atoms with E-state index < -0.39 is 0 Å². The van der Waals surface area contributed by atoms with Gasteiger partial charge in [-0.2, -0.15) is 0 Å². The fourth-order valence-electron chi connectivity index (χ4n) is 3.87. The number of hydrogen-bond acceptors (Lipinski definition) is 4. The summed E-state index contributed by atoms with van der Waals surface area (Å²) in [7, 11) is 1.76. The number of anilines is 2. The largest absolute Gasteiger partial charge is 0.493 e. The van der Waals surface area contributed by atoms with Crippen molar-refractivity contribution in [2.45, 2.75) is 19.4 Å². The number of nitrogens with one attached hydrogen (secondary N) is 1. The summed E-state index contributed by atoms with van der Waals surface area (Å²) in [5.74, 6) is 0.432. The first kappa shape index (κ1) is 19.3. The molecule has 1 heterocycles. The molecule has 1 N–H and O–H groups in total. The van der Waals surface area contributed by atoms with Gasteiger partial charge < -0.3 is 19.7 Å². The molecule has 5 nitrogen and oxygen atoms in total. The first-order chi connectivity index (χ1) is 14.2. The maximum Gasteiger partial charge on any atom is 0.260 e. The molecule has 0 spiro atoms. The third-order valence-electron chi connectivity index (χ3n) is 5.39. The van der Waals surface area contributed by atoms with Crippen LogP contribution in [0.15, 0.2) is 60.7 Å². The van der Waals surface area contributed by atoms with Crippen molar-refractivity contribution >= 4 is 28.1 Å². The van der Waals surface area contributed by atoms with Gasteiger partial charge in [-0.1, -0.05) is 30.3 Å². The average Bonchev–Trinajstić information content (AvgIpc) is 3.23. The maximum atomic E-state index is 13.1. The summed E-state index contributed by atoms with van der Waals surface area (Å²) in [6.45, 7) is 4.31. The van der Waals surface area contributed by atoms with Crippen molar-refractivity contribution in [2.24, 2.45) is 0 Å². The summed E-state index contributed by atoms with van der Waals surface area (Å²) in [4.78, 5) is 15.4. The number of carbonyl (C=O) groups excluding carboxylic acids is 1. The van der Waals surface area contributed by atoms with E-state index in [-0.39, 0.29) is 12.0 Å². The number of rotatable bonds is 6. The smallest absolute Gasteiger partial charge is 0.260 e. The molecule has 1 saturated heterocycles. The van der Waals surface area contributed by atoms with E-state index in [0.29, 0.717) is 17.9 Å². The average molecular weight is 390 g/mol. The van der Waals surface area contributed by atoms with E-state index in [1.54, 1.807) is 7.11 Å². The number of fused-ring (bicyclic) bond motifs is 1. The van der Waals surface area contributed by atoms with Crippen LogP contribution in [0.5, 0.6) is 5.75 Å². The third-order valence-corrected chi connectivity index (χ3v) is 5.39.